The van der Waals surface area contributed by atoms with E-state index in [0.29, 0.717) is 0 Å². The summed E-state index contributed by atoms with van der Waals surface area (Å²) in [5, 5.41) is 10.8. The molecule has 2 aromatic carbocycles. The Morgan fingerprint density at radius 1 is 0.952 bits per heavy atom. The molecular weight excluding hydrogens is 256 g/mol. The molecule has 0 aliphatic rings. The highest BCUT2D eigenvalue weighted by Crippen LogP contribution is 2.36. The summed E-state index contributed by atoms with van der Waals surface area (Å²) in [7, 11) is 0. The summed E-state index contributed by atoms with van der Waals surface area (Å²) in [6, 6.07) is 18.7. The topological polar surface area (TPSA) is 20.2 Å². The summed E-state index contributed by atoms with van der Waals surface area (Å²) in [6.45, 7) is 6.40. The van der Waals surface area contributed by atoms with Gasteiger partial charge in [0.05, 0.1) is 6.10 Å². The van der Waals surface area contributed by atoms with Crippen LogP contribution in [0.3, 0.4) is 0 Å². The highest BCUT2D eigenvalue weighted by Gasteiger charge is 2.30. The van der Waals surface area contributed by atoms with Crippen LogP contribution in [-0.4, -0.2) is 5.11 Å². The molecule has 1 heteroatoms. The Morgan fingerprint density at radius 3 is 2.14 bits per heavy atom. The summed E-state index contributed by atoms with van der Waals surface area (Å²) >= 11 is 0. The number of benzene rings is 2. The van der Waals surface area contributed by atoms with Crippen LogP contribution in [0.2, 0.25) is 0 Å². The fraction of sp³-hybridized carbons (Fsp3) is 0.400. The van der Waals surface area contributed by atoms with E-state index >= 15 is 0 Å². The Hall–Kier alpha value is -1.60. The number of aliphatic hydroxyl groups is 1. The first-order valence-electron chi connectivity index (χ1n) is 7.88. The van der Waals surface area contributed by atoms with Gasteiger partial charge in [-0.2, -0.15) is 0 Å². The van der Waals surface area contributed by atoms with Gasteiger partial charge in [-0.15, -0.1) is 0 Å². The van der Waals surface area contributed by atoms with Crippen molar-refractivity contribution in [3.8, 4) is 0 Å². The maximum atomic E-state index is 10.8. The lowest BCUT2D eigenvalue weighted by Crippen LogP contribution is -2.26. The van der Waals surface area contributed by atoms with Crippen LogP contribution in [0.4, 0.5) is 0 Å². The number of aryl methyl sites for hydroxylation is 1. The fourth-order valence-electron chi connectivity index (χ4n) is 2.69. The van der Waals surface area contributed by atoms with E-state index in [1.165, 1.54) is 18.4 Å². The van der Waals surface area contributed by atoms with Crippen LogP contribution in [0.1, 0.15) is 56.4 Å². The second-order valence-corrected chi connectivity index (χ2v) is 6.34. The van der Waals surface area contributed by atoms with Gasteiger partial charge in [-0.05, 0) is 29.5 Å². The van der Waals surface area contributed by atoms with Gasteiger partial charge in [0.15, 0.2) is 0 Å². The lowest BCUT2D eigenvalue weighted by Gasteiger charge is -2.31. The molecule has 0 heterocycles. The zero-order valence-electron chi connectivity index (χ0n) is 13.3. The van der Waals surface area contributed by atoms with Crippen molar-refractivity contribution in [2.24, 2.45) is 0 Å². The SMILES string of the molecule is CCCCc1ccc(C(O)C(C)(C)c2ccccc2)cc1. The molecule has 0 spiro atoms. The first-order chi connectivity index (χ1) is 10.1. The van der Waals surface area contributed by atoms with E-state index in [0.717, 1.165) is 17.5 Å². The minimum absolute atomic E-state index is 0.299. The summed E-state index contributed by atoms with van der Waals surface area (Å²) in [5.41, 5.74) is 3.20. The van der Waals surface area contributed by atoms with E-state index in [9.17, 15) is 5.11 Å². The summed E-state index contributed by atoms with van der Waals surface area (Å²) in [5.74, 6) is 0. The Balaban J connectivity index is 2.17. The van der Waals surface area contributed by atoms with E-state index in [4.69, 9.17) is 0 Å². The molecular formula is C20H26O. The van der Waals surface area contributed by atoms with E-state index < -0.39 is 6.10 Å². The molecule has 21 heavy (non-hydrogen) atoms. The van der Waals surface area contributed by atoms with Crippen molar-refractivity contribution in [2.45, 2.75) is 51.6 Å². The van der Waals surface area contributed by atoms with Crippen molar-refractivity contribution < 1.29 is 5.11 Å². The van der Waals surface area contributed by atoms with Crippen LogP contribution in [-0.2, 0) is 11.8 Å². The predicted molar refractivity (Wildman–Crippen MR) is 89.5 cm³/mol. The van der Waals surface area contributed by atoms with Gasteiger partial charge in [-0.25, -0.2) is 0 Å². The van der Waals surface area contributed by atoms with Gasteiger partial charge in [0.1, 0.15) is 0 Å². The third kappa shape index (κ3) is 3.74. The summed E-state index contributed by atoms with van der Waals surface area (Å²) < 4.78 is 0. The van der Waals surface area contributed by atoms with Crippen LogP contribution in [0.25, 0.3) is 0 Å². The predicted octanol–water partition coefficient (Wildman–Crippen LogP) is 5.04. The molecule has 1 N–H and O–H groups in total. The zero-order valence-corrected chi connectivity index (χ0v) is 13.3. The molecule has 0 aromatic heterocycles. The molecule has 2 rings (SSSR count). The van der Waals surface area contributed by atoms with Crippen LogP contribution in [0.5, 0.6) is 0 Å². The van der Waals surface area contributed by atoms with Crippen LogP contribution in [0.15, 0.2) is 54.6 Å². The quantitative estimate of drug-likeness (QED) is 0.787. The lowest BCUT2D eigenvalue weighted by atomic mass is 9.76. The number of unbranched alkanes of at least 4 members (excludes halogenated alkanes) is 1. The summed E-state index contributed by atoms with van der Waals surface area (Å²) in [6.07, 6.45) is 3.05. The zero-order chi connectivity index (χ0) is 15.3. The van der Waals surface area contributed by atoms with Crippen molar-refractivity contribution in [1.29, 1.82) is 0 Å². The first kappa shape index (κ1) is 15.8. The second kappa shape index (κ2) is 6.91. The molecule has 2 aromatic rings. The molecule has 1 unspecified atom stereocenters. The molecule has 0 saturated carbocycles. The second-order valence-electron chi connectivity index (χ2n) is 6.34. The Bertz CT molecular complexity index is 540. The highest BCUT2D eigenvalue weighted by molar-refractivity contribution is 5.32. The number of rotatable bonds is 6. The van der Waals surface area contributed by atoms with E-state index in [-0.39, 0.29) is 5.41 Å². The average molecular weight is 282 g/mol. The molecule has 0 amide bonds. The molecule has 1 nitrogen and oxygen atoms in total. The minimum atomic E-state index is -0.500. The molecule has 0 saturated heterocycles. The number of hydrogen-bond acceptors (Lipinski definition) is 1. The van der Waals surface area contributed by atoms with Gasteiger partial charge >= 0.3 is 0 Å². The van der Waals surface area contributed by atoms with Crippen molar-refractivity contribution in [3.63, 3.8) is 0 Å². The van der Waals surface area contributed by atoms with Crippen molar-refractivity contribution >= 4 is 0 Å². The molecule has 1 atom stereocenters. The van der Waals surface area contributed by atoms with Crippen LogP contribution < -0.4 is 0 Å². The van der Waals surface area contributed by atoms with Crippen molar-refractivity contribution in [2.75, 3.05) is 0 Å². The Kier molecular flexibility index (Phi) is 5.19. The molecule has 0 aliphatic carbocycles. The molecule has 0 fully saturated rings. The summed E-state index contributed by atoms with van der Waals surface area (Å²) in [4.78, 5) is 0. The Morgan fingerprint density at radius 2 is 1.57 bits per heavy atom. The van der Waals surface area contributed by atoms with Gasteiger partial charge in [0.2, 0.25) is 0 Å². The molecule has 0 aliphatic heterocycles. The standard InChI is InChI=1S/C20H26O/c1-4-5-9-16-12-14-17(15-13-16)19(21)20(2,3)18-10-7-6-8-11-18/h6-8,10-15,19,21H,4-5,9H2,1-3H3. The first-order valence-corrected chi connectivity index (χ1v) is 7.88. The fourth-order valence-corrected chi connectivity index (χ4v) is 2.69. The maximum Gasteiger partial charge on any atom is 0.0881 e. The average Bonchev–Trinajstić information content (AvgIpc) is 2.53. The third-order valence-electron chi connectivity index (χ3n) is 4.32. The van der Waals surface area contributed by atoms with E-state index in [1.54, 1.807) is 0 Å². The molecule has 0 bridgehead atoms. The van der Waals surface area contributed by atoms with Crippen molar-refractivity contribution in [3.05, 3.63) is 71.3 Å². The third-order valence-corrected chi connectivity index (χ3v) is 4.32. The Labute approximate surface area is 128 Å². The normalized spacial score (nSPS) is 13.1. The van der Waals surface area contributed by atoms with Gasteiger partial charge in [-0.3, -0.25) is 0 Å². The number of aliphatic hydroxyl groups excluding tert-OH is 1. The smallest absolute Gasteiger partial charge is 0.0881 e. The van der Waals surface area contributed by atoms with Gasteiger partial charge in [0, 0.05) is 5.41 Å². The molecule has 0 radical (unpaired) electrons. The van der Waals surface area contributed by atoms with Gasteiger partial charge < -0.3 is 5.11 Å². The van der Waals surface area contributed by atoms with Crippen LogP contribution >= 0.6 is 0 Å². The van der Waals surface area contributed by atoms with Gasteiger partial charge in [0.25, 0.3) is 0 Å². The van der Waals surface area contributed by atoms with Crippen LogP contribution in [0, 0.1) is 0 Å². The largest absolute Gasteiger partial charge is 0.388 e. The maximum absolute atomic E-state index is 10.8. The highest BCUT2D eigenvalue weighted by atomic mass is 16.3. The monoisotopic (exact) mass is 282 g/mol. The number of hydrogen-bond donors (Lipinski definition) is 1. The lowest BCUT2D eigenvalue weighted by molar-refractivity contribution is 0.100. The molecule has 112 valence electrons. The minimum Gasteiger partial charge on any atom is -0.388 e. The van der Waals surface area contributed by atoms with E-state index in [2.05, 4.69) is 57.2 Å². The van der Waals surface area contributed by atoms with Crippen molar-refractivity contribution in [1.82, 2.24) is 0 Å². The van der Waals surface area contributed by atoms with E-state index in [1.807, 2.05) is 18.2 Å². The van der Waals surface area contributed by atoms with Gasteiger partial charge in [-0.1, -0.05) is 81.8 Å².